The normalized spacial score (nSPS) is 10.8. The smallest absolute Gasteiger partial charge is 0.336 e. The molecule has 2 aromatic rings. The standard InChI is InChI=1S/C12H14ClN3O2/c1-2-15-9-5-3-4-6-10(9)16(12(15)18)11(17)14-8-7-13/h3-6H,2,7-8H2,1H3,(H,14,17). The van der Waals surface area contributed by atoms with Gasteiger partial charge in [0.2, 0.25) is 0 Å². The molecule has 0 fully saturated rings. The molecule has 0 saturated carbocycles. The maximum Gasteiger partial charge on any atom is 0.337 e. The van der Waals surface area contributed by atoms with Crippen LogP contribution in [0.2, 0.25) is 0 Å². The Balaban J connectivity index is 2.60. The number of alkyl halides is 1. The number of carbonyl (C=O) groups excluding carboxylic acids is 1. The average Bonchev–Trinajstić information content (AvgIpc) is 2.67. The van der Waals surface area contributed by atoms with Gasteiger partial charge in [0, 0.05) is 19.0 Å². The molecule has 1 aromatic carbocycles. The predicted molar refractivity (Wildman–Crippen MR) is 71.4 cm³/mol. The first-order valence-corrected chi connectivity index (χ1v) is 6.28. The summed E-state index contributed by atoms with van der Waals surface area (Å²) >= 11 is 5.52. The zero-order valence-corrected chi connectivity index (χ0v) is 10.8. The second-order valence-corrected chi connectivity index (χ2v) is 4.15. The summed E-state index contributed by atoms with van der Waals surface area (Å²) in [6.07, 6.45) is 0. The van der Waals surface area contributed by atoms with Gasteiger partial charge in [-0.15, -0.1) is 11.6 Å². The third-order valence-corrected chi connectivity index (χ3v) is 2.91. The lowest BCUT2D eigenvalue weighted by molar-refractivity contribution is 0.243. The molecule has 0 spiro atoms. The van der Waals surface area contributed by atoms with E-state index in [4.69, 9.17) is 11.6 Å². The molecule has 1 aromatic heterocycles. The minimum Gasteiger partial charge on any atom is -0.336 e. The molecule has 6 heteroatoms. The number of carbonyl (C=O) groups is 1. The van der Waals surface area contributed by atoms with Crippen LogP contribution in [-0.4, -0.2) is 27.6 Å². The molecule has 18 heavy (non-hydrogen) atoms. The van der Waals surface area contributed by atoms with E-state index in [0.29, 0.717) is 24.5 Å². The van der Waals surface area contributed by atoms with E-state index in [9.17, 15) is 9.59 Å². The predicted octanol–water partition coefficient (Wildman–Crippen LogP) is 1.62. The van der Waals surface area contributed by atoms with E-state index >= 15 is 0 Å². The summed E-state index contributed by atoms with van der Waals surface area (Å²) in [6, 6.07) is 6.78. The molecule has 2 rings (SSSR count). The highest BCUT2D eigenvalue weighted by Crippen LogP contribution is 2.12. The Labute approximate surface area is 109 Å². The third kappa shape index (κ3) is 2.01. The van der Waals surface area contributed by atoms with Gasteiger partial charge in [0.25, 0.3) is 0 Å². The summed E-state index contributed by atoms with van der Waals surface area (Å²) < 4.78 is 2.71. The highest BCUT2D eigenvalue weighted by molar-refractivity contribution is 6.18. The van der Waals surface area contributed by atoms with Gasteiger partial charge in [0.05, 0.1) is 11.0 Å². The maximum absolute atomic E-state index is 12.2. The van der Waals surface area contributed by atoms with Crippen LogP contribution < -0.4 is 11.0 Å². The first kappa shape index (κ1) is 12.7. The SMILES string of the molecule is CCn1c(=O)n(C(=O)NCCCl)c2ccccc21. The molecule has 0 aliphatic heterocycles. The molecule has 0 unspecified atom stereocenters. The van der Waals surface area contributed by atoms with Crippen LogP contribution in [0.4, 0.5) is 4.79 Å². The van der Waals surface area contributed by atoms with Gasteiger partial charge in [-0.2, -0.15) is 0 Å². The van der Waals surface area contributed by atoms with E-state index < -0.39 is 6.03 Å². The van der Waals surface area contributed by atoms with Crippen LogP contribution in [0.15, 0.2) is 29.1 Å². The van der Waals surface area contributed by atoms with Crippen LogP contribution in [0, 0.1) is 0 Å². The number of para-hydroxylation sites is 2. The Morgan fingerprint density at radius 2 is 2.00 bits per heavy atom. The molecule has 0 aliphatic rings. The maximum atomic E-state index is 12.2. The molecule has 96 valence electrons. The van der Waals surface area contributed by atoms with Gasteiger partial charge in [-0.1, -0.05) is 12.1 Å². The fourth-order valence-corrected chi connectivity index (χ4v) is 2.04. The zero-order valence-electron chi connectivity index (χ0n) is 10.0. The second kappa shape index (κ2) is 5.27. The lowest BCUT2D eigenvalue weighted by atomic mass is 10.3. The minimum atomic E-state index is -0.441. The molecule has 5 nitrogen and oxygen atoms in total. The van der Waals surface area contributed by atoms with Crippen molar-refractivity contribution in [1.82, 2.24) is 14.5 Å². The second-order valence-electron chi connectivity index (χ2n) is 3.77. The van der Waals surface area contributed by atoms with Crippen molar-refractivity contribution in [2.24, 2.45) is 0 Å². The average molecular weight is 268 g/mol. The molecule has 0 atom stereocenters. The molecule has 0 aliphatic carbocycles. The summed E-state index contributed by atoms with van der Waals surface area (Å²) in [7, 11) is 0. The van der Waals surface area contributed by atoms with E-state index in [0.717, 1.165) is 10.1 Å². The number of imidazole rings is 1. The zero-order chi connectivity index (χ0) is 13.1. The summed E-state index contributed by atoms with van der Waals surface area (Å²) in [5, 5.41) is 2.60. The van der Waals surface area contributed by atoms with E-state index in [1.165, 1.54) is 0 Å². The highest BCUT2D eigenvalue weighted by Gasteiger charge is 2.16. The number of hydrogen-bond acceptors (Lipinski definition) is 2. The lowest BCUT2D eigenvalue weighted by Crippen LogP contribution is -2.37. The van der Waals surface area contributed by atoms with Gasteiger partial charge < -0.3 is 5.32 Å². The van der Waals surface area contributed by atoms with Gasteiger partial charge >= 0.3 is 11.7 Å². The molecular weight excluding hydrogens is 254 g/mol. The number of benzene rings is 1. The number of aryl methyl sites for hydroxylation is 1. The van der Waals surface area contributed by atoms with Crippen LogP contribution in [0.3, 0.4) is 0 Å². The minimum absolute atomic E-state index is 0.312. The quantitative estimate of drug-likeness (QED) is 0.859. The Morgan fingerprint density at radius 3 is 2.61 bits per heavy atom. The summed E-state index contributed by atoms with van der Waals surface area (Å²) in [6.45, 7) is 2.72. The summed E-state index contributed by atoms with van der Waals surface area (Å²) in [4.78, 5) is 24.1. The Hall–Kier alpha value is -1.75. The molecule has 1 N–H and O–H groups in total. The Morgan fingerprint density at radius 1 is 1.33 bits per heavy atom. The van der Waals surface area contributed by atoms with Gasteiger partial charge in [-0.05, 0) is 19.1 Å². The number of aromatic nitrogens is 2. The van der Waals surface area contributed by atoms with Crippen molar-refractivity contribution in [1.29, 1.82) is 0 Å². The van der Waals surface area contributed by atoms with Crippen molar-refractivity contribution in [3.63, 3.8) is 0 Å². The number of nitrogens with zero attached hydrogens (tertiary/aromatic N) is 2. The van der Waals surface area contributed by atoms with E-state index in [1.807, 2.05) is 19.1 Å². The van der Waals surface area contributed by atoms with Crippen LogP contribution in [-0.2, 0) is 6.54 Å². The summed E-state index contributed by atoms with van der Waals surface area (Å²) in [5.41, 5.74) is 1.04. The first-order valence-electron chi connectivity index (χ1n) is 5.75. The lowest BCUT2D eigenvalue weighted by Gasteiger charge is -2.03. The highest BCUT2D eigenvalue weighted by atomic mass is 35.5. The monoisotopic (exact) mass is 267 g/mol. The van der Waals surface area contributed by atoms with Gasteiger partial charge in [-0.25, -0.2) is 14.2 Å². The van der Waals surface area contributed by atoms with E-state index in [2.05, 4.69) is 5.32 Å². The number of amides is 1. The van der Waals surface area contributed by atoms with Crippen LogP contribution >= 0.6 is 11.6 Å². The van der Waals surface area contributed by atoms with Crippen molar-refractivity contribution in [3.8, 4) is 0 Å². The van der Waals surface area contributed by atoms with Crippen molar-refractivity contribution in [2.75, 3.05) is 12.4 Å². The first-order chi connectivity index (χ1) is 8.70. The molecule has 0 bridgehead atoms. The largest absolute Gasteiger partial charge is 0.337 e. The van der Waals surface area contributed by atoms with Crippen LogP contribution in [0.1, 0.15) is 6.92 Å². The topological polar surface area (TPSA) is 56.0 Å². The Kier molecular flexibility index (Phi) is 3.72. The van der Waals surface area contributed by atoms with Gasteiger partial charge in [0.1, 0.15) is 0 Å². The third-order valence-electron chi connectivity index (χ3n) is 2.73. The molecular formula is C12H14ClN3O2. The van der Waals surface area contributed by atoms with Crippen LogP contribution in [0.5, 0.6) is 0 Å². The molecule has 0 saturated heterocycles. The van der Waals surface area contributed by atoms with Crippen molar-refractivity contribution in [2.45, 2.75) is 13.5 Å². The molecule has 1 amide bonds. The molecule has 1 heterocycles. The van der Waals surface area contributed by atoms with Crippen LogP contribution in [0.25, 0.3) is 11.0 Å². The number of halogens is 1. The van der Waals surface area contributed by atoms with E-state index in [-0.39, 0.29) is 5.69 Å². The van der Waals surface area contributed by atoms with Gasteiger partial charge in [0.15, 0.2) is 0 Å². The fourth-order valence-electron chi connectivity index (χ4n) is 1.94. The number of nitrogens with one attached hydrogen (secondary N) is 1. The number of rotatable bonds is 3. The fraction of sp³-hybridized carbons (Fsp3) is 0.333. The van der Waals surface area contributed by atoms with Crippen molar-refractivity contribution in [3.05, 3.63) is 34.7 Å². The number of hydrogen-bond donors (Lipinski definition) is 1. The number of fused-ring (bicyclic) bond motifs is 1. The van der Waals surface area contributed by atoms with Gasteiger partial charge in [-0.3, -0.25) is 4.57 Å². The van der Waals surface area contributed by atoms with E-state index in [1.54, 1.807) is 16.7 Å². The summed E-state index contributed by atoms with van der Waals surface area (Å²) in [5.74, 6) is 0.312. The molecule has 0 radical (unpaired) electrons. The van der Waals surface area contributed by atoms with Crippen molar-refractivity contribution >= 4 is 28.7 Å². The Bertz CT molecular complexity index is 630. The van der Waals surface area contributed by atoms with Crippen molar-refractivity contribution < 1.29 is 4.79 Å².